The fraction of sp³-hybridized carbons (Fsp3) is 0.259. The van der Waals surface area contributed by atoms with E-state index in [-0.39, 0.29) is 18.5 Å². The first-order valence-electron chi connectivity index (χ1n) is 11.1. The molecule has 3 aromatic rings. The van der Waals surface area contributed by atoms with E-state index in [1.165, 1.54) is 25.1 Å². The minimum absolute atomic E-state index is 0.0184. The lowest BCUT2D eigenvalue weighted by atomic mass is 9.83. The topological polar surface area (TPSA) is 76.5 Å². The summed E-state index contributed by atoms with van der Waals surface area (Å²) in [5.74, 6) is -1.19. The van der Waals surface area contributed by atoms with Gasteiger partial charge in [0.2, 0.25) is 7.37 Å². The highest BCUT2D eigenvalue weighted by molar-refractivity contribution is 7.62. The molecule has 0 spiro atoms. The summed E-state index contributed by atoms with van der Waals surface area (Å²) in [5, 5.41) is 10.2. The van der Waals surface area contributed by atoms with Crippen molar-refractivity contribution in [2.75, 3.05) is 13.3 Å². The molecule has 5 nitrogen and oxygen atoms in total. The maximum atomic E-state index is 13.7. The highest BCUT2D eigenvalue weighted by Gasteiger charge is 2.31. The quantitative estimate of drug-likeness (QED) is 0.307. The molecule has 0 saturated carbocycles. The number of nitrogens with zero attached hydrogens (tertiary/aromatic N) is 1. The predicted molar refractivity (Wildman–Crippen MR) is 134 cm³/mol. The molecule has 2 aromatic carbocycles. The van der Waals surface area contributed by atoms with Crippen LogP contribution in [0.1, 0.15) is 43.2 Å². The summed E-state index contributed by atoms with van der Waals surface area (Å²) in [6.07, 6.45) is 0.109. The van der Waals surface area contributed by atoms with Gasteiger partial charge in [0.15, 0.2) is 0 Å². The van der Waals surface area contributed by atoms with Crippen LogP contribution in [0.15, 0.2) is 73.1 Å². The zero-order chi connectivity index (χ0) is 24.9. The minimum atomic E-state index is -3.15. The van der Waals surface area contributed by atoms with Gasteiger partial charge >= 0.3 is 5.97 Å². The zero-order valence-electron chi connectivity index (χ0n) is 19.6. The van der Waals surface area contributed by atoms with Gasteiger partial charge in [-0.2, -0.15) is 0 Å². The van der Waals surface area contributed by atoms with Crippen LogP contribution < -0.4 is 0 Å². The van der Waals surface area contributed by atoms with Crippen molar-refractivity contribution in [3.63, 3.8) is 0 Å². The molecule has 0 bridgehead atoms. The number of rotatable bonds is 10. The van der Waals surface area contributed by atoms with Gasteiger partial charge in [0, 0.05) is 24.4 Å². The molecular weight excluding hydrogens is 452 g/mol. The van der Waals surface area contributed by atoms with E-state index in [0.717, 1.165) is 11.1 Å². The molecular formula is C27H29FNO4P. The largest absolute Gasteiger partial charge is 0.481 e. The summed E-state index contributed by atoms with van der Waals surface area (Å²) in [7, 11) is -1.82. The predicted octanol–water partition coefficient (Wildman–Crippen LogP) is 7.30. The Kier molecular flexibility index (Phi) is 8.19. The third kappa shape index (κ3) is 5.69. The number of hydrogen-bond acceptors (Lipinski definition) is 4. The number of benzene rings is 2. The third-order valence-corrected chi connectivity index (χ3v) is 7.92. The Morgan fingerprint density at radius 2 is 1.79 bits per heavy atom. The van der Waals surface area contributed by atoms with Crippen LogP contribution in [0.2, 0.25) is 0 Å². The lowest BCUT2D eigenvalue weighted by Gasteiger charge is -2.24. The van der Waals surface area contributed by atoms with E-state index in [1.54, 1.807) is 12.1 Å². The summed E-state index contributed by atoms with van der Waals surface area (Å²) in [4.78, 5) is 17.4. The van der Waals surface area contributed by atoms with Crippen LogP contribution in [-0.4, -0.2) is 29.3 Å². The van der Waals surface area contributed by atoms with Gasteiger partial charge in [-0.05, 0) is 59.6 Å². The Morgan fingerprint density at radius 1 is 1.15 bits per heavy atom. The van der Waals surface area contributed by atoms with Crippen LogP contribution in [0.5, 0.6) is 0 Å². The van der Waals surface area contributed by atoms with Gasteiger partial charge in [-0.1, -0.05) is 50.8 Å². The number of aromatic nitrogens is 1. The molecule has 34 heavy (non-hydrogen) atoms. The number of aliphatic carboxylic acids is 1. The van der Waals surface area contributed by atoms with Crippen molar-refractivity contribution in [3.8, 4) is 22.5 Å². The number of pyridine rings is 1. The monoisotopic (exact) mass is 481 g/mol. The van der Waals surface area contributed by atoms with Crippen molar-refractivity contribution >= 4 is 13.3 Å². The van der Waals surface area contributed by atoms with Crippen molar-refractivity contribution in [1.29, 1.82) is 0 Å². The van der Waals surface area contributed by atoms with Gasteiger partial charge < -0.3 is 9.63 Å². The SMILES string of the molecule is C=CP(=O)(CCC(C(=O)O)c1c(C(C)C)cc(-c2ccccc2)nc1-c1ccc(F)cc1)OC. The molecule has 0 aliphatic heterocycles. The smallest absolute Gasteiger partial charge is 0.311 e. The first-order valence-corrected chi connectivity index (χ1v) is 12.9. The van der Waals surface area contributed by atoms with E-state index >= 15 is 0 Å². The highest BCUT2D eigenvalue weighted by Crippen LogP contribution is 2.50. The van der Waals surface area contributed by atoms with Crippen LogP contribution in [0.25, 0.3) is 22.5 Å². The number of carboxylic acid groups (broad SMARTS) is 1. The molecule has 7 heteroatoms. The number of carboxylic acids is 1. The minimum Gasteiger partial charge on any atom is -0.481 e. The molecule has 0 amide bonds. The highest BCUT2D eigenvalue weighted by atomic mass is 31.2. The van der Waals surface area contributed by atoms with Gasteiger partial charge in [-0.15, -0.1) is 0 Å². The Morgan fingerprint density at radius 3 is 2.32 bits per heavy atom. The van der Waals surface area contributed by atoms with Crippen molar-refractivity contribution in [1.82, 2.24) is 4.98 Å². The fourth-order valence-corrected chi connectivity index (χ4v) is 5.09. The fourth-order valence-electron chi connectivity index (χ4n) is 3.96. The van der Waals surface area contributed by atoms with Gasteiger partial charge in [0.05, 0.1) is 17.3 Å². The molecule has 1 heterocycles. The molecule has 0 fully saturated rings. The third-order valence-electron chi connectivity index (χ3n) is 5.86. The number of carbonyl (C=O) groups is 1. The van der Waals surface area contributed by atoms with Gasteiger partial charge in [-0.3, -0.25) is 9.36 Å². The lowest BCUT2D eigenvalue weighted by Crippen LogP contribution is -2.18. The van der Waals surface area contributed by atoms with Crippen molar-refractivity contribution in [3.05, 3.63) is 90.0 Å². The molecule has 0 aliphatic carbocycles. The van der Waals surface area contributed by atoms with E-state index in [2.05, 4.69) is 6.58 Å². The van der Waals surface area contributed by atoms with E-state index < -0.39 is 25.1 Å². The maximum absolute atomic E-state index is 13.7. The Hall–Kier alpha value is -3.08. The summed E-state index contributed by atoms with van der Waals surface area (Å²) >= 11 is 0. The first-order chi connectivity index (χ1) is 16.2. The van der Waals surface area contributed by atoms with Gasteiger partial charge in [0.1, 0.15) is 5.82 Å². The van der Waals surface area contributed by atoms with Crippen LogP contribution in [0, 0.1) is 5.82 Å². The molecule has 1 aromatic heterocycles. The van der Waals surface area contributed by atoms with Crippen LogP contribution >= 0.6 is 7.37 Å². The van der Waals surface area contributed by atoms with Crippen LogP contribution in [0.3, 0.4) is 0 Å². The second-order valence-electron chi connectivity index (χ2n) is 8.38. The number of hydrogen-bond donors (Lipinski definition) is 1. The zero-order valence-corrected chi connectivity index (χ0v) is 20.5. The Balaban J connectivity index is 2.27. The second-order valence-corrected chi connectivity index (χ2v) is 11.0. The normalized spacial score (nSPS) is 13.9. The molecule has 0 radical (unpaired) electrons. The Bertz CT molecular complexity index is 1210. The average Bonchev–Trinajstić information content (AvgIpc) is 2.84. The summed E-state index contributed by atoms with van der Waals surface area (Å²) in [6.45, 7) is 7.56. The van der Waals surface area contributed by atoms with Crippen molar-refractivity contribution < 1.29 is 23.4 Å². The van der Waals surface area contributed by atoms with E-state index in [9.17, 15) is 18.9 Å². The van der Waals surface area contributed by atoms with Crippen molar-refractivity contribution in [2.45, 2.75) is 32.1 Å². The molecule has 3 rings (SSSR count). The molecule has 2 atom stereocenters. The van der Waals surface area contributed by atoms with Gasteiger partial charge in [-0.25, -0.2) is 9.37 Å². The maximum Gasteiger partial charge on any atom is 0.311 e. The van der Waals surface area contributed by atoms with Crippen molar-refractivity contribution in [2.24, 2.45) is 0 Å². The Labute approximate surface area is 199 Å². The van der Waals surface area contributed by atoms with Crippen LogP contribution in [-0.2, 0) is 13.9 Å². The summed E-state index contributed by atoms with van der Waals surface area (Å²) < 4.78 is 31.6. The molecule has 2 unspecified atom stereocenters. The molecule has 1 N–H and O–H groups in total. The van der Waals surface area contributed by atoms with E-state index in [0.29, 0.717) is 22.5 Å². The van der Waals surface area contributed by atoms with E-state index in [1.807, 2.05) is 50.2 Å². The van der Waals surface area contributed by atoms with Crippen LogP contribution in [0.4, 0.5) is 4.39 Å². The summed E-state index contributed by atoms with van der Waals surface area (Å²) in [6, 6.07) is 17.4. The summed E-state index contributed by atoms with van der Waals surface area (Å²) in [5.41, 5.74) is 4.04. The van der Waals surface area contributed by atoms with Gasteiger partial charge in [0.25, 0.3) is 0 Å². The first kappa shape index (κ1) is 25.5. The lowest BCUT2D eigenvalue weighted by molar-refractivity contribution is -0.138. The molecule has 0 aliphatic rings. The number of halogens is 1. The average molecular weight is 482 g/mol. The molecule has 0 saturated heterocycles. The molecule has 178 valence electrons. The standard InChI is InChI=1S/C27H29FNO4P/c1-5-34(32,33-4)16-15-22(27(30)31)25-23(18(2)3)17-24(19-9-7-6-8-10-19)29-26(25)20-11-13-21(28)14-12-20/h5-14,17-18,22H,1,15-16H2,2-4H3,(H,30,31). The van der Waals surface area contributed by atoms with E-state index in [4.69, 9.17) is 9.51 Å². The second kappa shape index (κ2) is 10.9.